The third kappa shape index (κ3) is 1.84. The molecule has 1 aromatic carbocycles. The second-order valence-electron chi connectivity index (χ2n) is 2.82. The van der Waals surface area contributed by atoms with Gasteiger partial charge in [-0.25, -0.2) is 0 Å². The van der Waals surface area contributed by atoms with Crippen LogP contribution in [0.2, 0.25) is 0 Å². The molecule has 0 saturated carbocycles. The van der Waals surface area contributed by atoms with Crippen molar-refractivity contribution < 1.29 is 4.79 Å². The van der Waals surface area contributed by atoms with Gasteiger partial charge in [-0.05, 0) is 24.1 Å². The Bertz CT molecular complexity index is 253. The van der Waals surface area contributed by atoms with Gasteiger partial charge in [-0.2, -0.15) is 0 Å². The Morgan fingerprint density at radius 2 is 2.00 bits per heavy atom. The molecule has 0 spiro atoms. The van der Waals surface area contributed by atoms with E-state index in [1.807, 2.05) is 31.2 Å². The molecule has 2 heteroatoms. The van der Waals surface area contributed by atoms with E-state index in [0.717, 1.165) is 24.0 Å². The molecule has 0 heterocycles. The highest BCUT2D eigenvalue weighted by atomic mass is 16.1. The minimum Gasteiger partial charge on any atom is -0.399 e. The van der Waals surface area contributed by atoms with Crippen molar-refractivity contribution >= 4 is 12.0 Å². The van der Waals surface area contributed by atoms with E-state index in [9.17, 15) is 4.79 Å². The zero-order valence-electron chi connectivity index (χ0n) is 7.16. The SMILES string of the molecule is CCC(C=O)c1ccc(N)cc1. The largest absolute Gasteiger partial charge is 0.399 e. The molecule has 0 aliphatic carbocycles. The summed E-state index contributed by atoms with van der Waals surface area (Å²) in [6.07, 6.45) is 1.82. The van der Waals surface area contributed by atoms with E-state index < -0.39 is 0 Å². The average Bonchev–Trinajstić information content (AvgIpc) is 2.10. The van der Waals surface area contributed by atoms with Crippen LogP contribution in [0.5, 0.6) is 0 Å². The lowest BCUT2D eigenvalue weighted by atomic mass is 9.98. The Hall–Kier alpha value is -1.31. The van der Waals surface area contributed by atoms with Gasteiger partial charge in [0.15, 0.2) is 0 Å². The maximum absolute atomic E-state index is 10.6. The van der Waals surface area contributed by atoms with Crippen molar-refractivity contribution in [3.05, 3.63) is 29.8 Å². The fourth-order valence-corrected chi connectivity index (χ4v) is 1.15. The lowest BCUT2D eigenvalue weighted by Gasteiger charge is -2.06. The zero-order valence-corrected chi connectivity index (χ0v) is 7.16. The van der Waals surface area contributed by atoms with Gasteiger partial charge in [-0.1, -0.05) is 19.1 Å². The molecule has 64 valence electrons. The fraction of sp³-hybridized carbons (Fsp3) is 0.300. The molecule has 0 saturated heterocycles. The van der Waals surface area contributed by atoms with Crippen LogP contribution in [0, 0.1) is 0 Å². The molecule has 0 aromatic heterocycles. The minimum absolute atomic E-state index is 0.0191. The van der Waals surface area contributed by atoms with Gasteiger partial charge in [0.25, 0.3) is 0 Å². The summed E-state index contributed by atoms with van der Waals surface area (Å²) in [6, 6.07) is 7.44. The number of benzene rings is 1. The smallest absolute Gasteiger partial charge is 0.127 e. The first-order valence-corrected chi connectivity index (χ1v) is 4.08. The highest BCUT2D eigenvalue weighted by Crippen LogP contribution is 2.17. The first kappa shape index (κ1) is 8.78. The van der Waals surface area contributed by atoms with E-state index in [-0.39, 0.29) is 5.92 Å². The number of hydrogen-bond donors (Lipinski definition) is 1. The van der Waals surface area contributed by atoms with Crippen molar-refractivity contribution in [3.63, 3.8) is 0 Å². The Balaban J connectivity index is 2.87. The van der Waals surface area contributed by atoms with Crippen LogP contribution < -0.4 is 5.73 Å². The van der Waals surface area contributed by atoms with Gasteiger partial charge < -0.3 is 10.5 Å². The summed E-state index contributed by atoms with van der Waals surface area (Å²) in [6.45, 7) is 2.00. The topological polar surface area (TPSA) is 43.1 Å². The lowest BCUT2D eigenvalue weighted by molar-refractivity contribution is -0.109. The summed E-state index contributed by atoms with van der Waals surface area (Å²) < 4.78 is 0. The molecular formula is C10H13NO. The first-order valence-electron chi connectivity index (χ1n) is 4.08. The number of aldehydes is 1. The van der Waals surface area contributed by atoms with Gasteiger partial charge in [-0.3, -0.25) is 0 Å². The van der Waals surface area contributed by atoms with E-state index in [0.29, 0.717) is 0 Å². The average molecular weight is 163 g/mol. The minimum atomic E-state index is 0.0191. The number of rotatable bonds is 3. The quantitative estimate of drug-likeness (QED) is 0.546. The number of anilines is 1. The van der Waals surface area contributed by atoms with Gasteiger partial charge in [0, 0.05) is 11.6 Å². The number of nitrogen functional groups attached to an aromatic ring is 1. The molecule has 0 aliphatic heterocycles. The van der Waals surface area contributed by atoms with Crippen LogP contribution in [0.1, 0.15) is 24.8 Å². The van der Waals surface area contributed by atoms with Crippen molar-refractivity contribution in [2.45, 2.75) is 19.3 Å². The molecule has 2 N–H and O–H groups in total. The second-order valence-corrected chi connectivity index (χ2v) is 2.82. The van der Waals surface area contributed by atoms with Crippen molar-refractivity contribution in [1.82, 2.24) is 0 Å². The fourth-order valence-electron chi connectivity index (χ4n) is 1.15. The number of hydrogen-bond acceptors (Lipinski definition) is 2. The maximum Gasteiger partial charge on any atom is 0.127 e. The van der Waals surface area contributed by atoms with Crippen LogP contribution in [0.4, 0.5) is 5.69 Å². The standard InChI is InChI=1S/C10H13NO/c1-2-8(7-12)9-3-5-10(11)6-4-9/h3-8H,2,11H2,1H3. The number of carbonyl (C=O) groups is 1. The van der Waals surface area contributed by atoms with Crippen molar-refractivity contribution in [3.8, 4) is 0 Å². The normalized spacial score (nSPS) is 12.4. The van der Waals surface area contributed by atoms with Gasteiger partial charge in [0.2, 0.25) is 0 Å². The molecule has 2 nitrogen and oxygen atoms in total. The summed E-state index contributed by atoms with van der Waals surface area (Å²) in [5, 5.41) is 0. The number of nitrogens with two attached hydrogens (primary N) is 1. The molecule has 0 fully saturated rings. The second kappa shape index (κ2) is 3.90. The molecule has 12 heavy (non-hydrogen) atoms. The first-order chi connectivity index (χ1) is 5.77. The molecule has 1 atom stereocenters. The summed E-state index contributed by atoms with van der Waals surface area (Å²) in [5.74, 6) is 0.0191. The Kier molecular flexibility index (Phi) is 2.86. The van der Waals surface area contributed by atoms with Gasteiger partial charge in [0.05, 0.1) is 0 Å². The van der Waals surface area contributed by atoms with Crippen LogP contribution in [0.25, 0.3) is 0 Å². The Labute approximate surface area is 72.4 Å². The van der Waals surface area contributed by atoms with E-state index in [2.05, 4.69) is 0 Å². The van der Waals surface area contributed by atoms with Crippen LogP contribution in [0.15, 0.2) is 24.3 Å². The summed E-state index contributed by atoms with van der Waals surface area (Å²) in [5.41, 5.74) is 7.30. The highest BCUT2D eigenvalue weighted by molar-refractivity contribution is 5.62. The van der Waals surface area contributed by atoms with Gasteiger partial charge in [-0.15, -0.1) is 0 Å². The molecule has 1 unspecified atom stereocenters. The van der Waals surface area contributed by atoms with E-state index in [1.165, 1.54) is 0 Å². The van der Waals surface area contributed by atoms with Gasteiger partial charge in [0.1, 0.15) is 6.29 Å². The van der Waals surface area contributed by atoms with Crippen molar-refractivity contribution in [1.29, 1.82) is 0 Å². The van der Waals surface area contributed by atoms with Gasteiger partial charge >= 0.3 is 0 Å². The molecule has 0 aliphatic rings. The third-order valence-electron chi connectivity index (χ3n) is 1.97. The van der Waals surface area contributed by atoms with E-state index >= 15 is 0 Å². The Morgan fingerprint density at radius 3 is 2.42 bits per heavy atom. The number of carbonyl (C=O) groups excluding carboxylic acids is 1. The molecule has 0 radical (unpaired) electrons. The third-order valence-corrected chi connectivity index (χ3v) is 1.97. The van der Waals surface area contributed by atoms with E-state index in [1.54, 1.807) is 0 Å². The summed E-state index contributed by atoms with van der Waals surface area (Å²) in [7, 11) is 0. The maximum atomic E-state index is 10.6. The van der Waals surface area contributed by atoms with Crippen LogP contribution >= 0.6 is 0 Å². The lowest BCUT2D eigenvalue weighted by Crippen LogP contribution is -1.98. The summed E-state index contributed by atoms with van der Waals surface area (Å²) >= 11 is 0. The van der Waals surface area contributed by atoms with Crippen molar-refractivity contribution in [2.24, 2.45) is 0 Å². The molecular weight excluding hydrogens is 150 g/mol. The van der Waals surface area contributed by atoms with Crippen LogP contribution in [-0.2, 0) is 4.79 Å². The van der Waals surface area contributed by atoms with Crippen LogP contribution in [-0.4, -0.2) is 6.29 Å². The predicted molar refractivity (Wildman–Crippen MR) is 50.0 cm³/mol. The summed E-state index contributed by atoms with van der Waals surface area (Å²) in [4.78, 5) is 10.6. The molecule has 0 amide bonds. The Morgan fingerprint density at radius 1 is 1.42 bits per heavy atom. The molecule has 0 bridgehead atoms. The molecule has 1 aromatic rings. The predicted octanol–water partition coefficient (Wildman–Crippen LogP) is 1.96. The van der Waals surface area contributed by atoms with E-state index in [4.69, 9.17) is 5.73 Å². The monoisotopic (exact) mass is 163 g/mol. The van der Waals surface area contributed by atoms with Crippen molar-refractivity contribution in [2.75, 3.05) is 5.73 Å². The molecule has 1 rings (SSSR count). The zero-order chi connectivity index (χ0) is 8.97. The highest BCUT2D eigenvalue weighted by Gasteiger charge is 2.05. The van der Waals surface area contributed by atoms with Crippen LogP contribution in [0.3, 0.4) is 0 Å².